The minimum atomic E-state index is -3.74. The van der Waals surface area contributed by atoms with E-state index >= 15 is 0 Å². The Morgan fingerprint density at radius 2 is 0.861 bits per heavy atom. The maximum atomic E-state index is 13.0. The van der Waals surface area contributed by atoms with E-state index in [0.29, 0.717) is 200 Å². The van der Waals surface area contributed by atoms with Crippen LogP contribution in [0.3, 0.4) is 0 Å². The van der Waals surface area contributed by atoms with Crippen molar-refractivity contribution in [3.8, 4) is 0 Å². The van der Waals surface area contributed by atoms with Gasteiger partial charge in [0.1, 0.15) is 5.78 Å². The number of sulfonamides is 1. The van der Waals surface area contributed by atoms with Crippen LogP contribution in [-0.2, 0) is 93.5 Å². The number of urea groups is 1. The molecule has 3 aliphatic rings. The van der Waals surface area contributed by atoms with Crippen molar-refractivity contribution in [3.05, 3.63) is 195 Å². The van der Waals surface area contributed by atoms with Crippen LogP contribution >= 0.6 is 69.6 Å². The average Bonchev–Trinajstić information content (AvgIpc) is 0.789. The third kappa shape index (κ3) is 35.1. The van der Waals surface area contributed by atoms with Crippen LogP contribution in [0.4, 0.5) is 4.79 Å². The number of carbonyl (C=O) groups excluding carboxylic acids is 2. The number of likely N-dealkylation sites (N-methyl/N-ethyl adjacent to an activating group) is 3. The number of hydrogen-bond acceptors (Lipinski definition) is 20. The molecule has 0 saturated heterocycles. The van der Waals surface area contributed by atoms with Gasteiger partial charge in [-0.2, -0.15) is 0 Å². The van der Waals surface area contributed by atoms with Gasteiger partial charge in [-0.05, 0) is 170 Å². The lowest BCUT2D eigenvalue weighted by atomic mass is 9.84. The summed E-state index contributed by atoms with van der Waals surface area (Å²) in [5, 5.41) is 12.8. The lowest BCUT2D eigenvalue weighted by Gasteiger charge is -2.33. The van der Waals surface area contributed by atoms with Crippen LogP contribution in [0.1, 0.15) is 132 Å². The number of nitrogens with one attached hydrogen (secondary N) is 4. The predicted octanol–water partition coefficient (Wildman–Crippen LogP) is 13.6. The van der Waals surface area contributed by atoms with E-state index < -0.39 is 19.9 Å². The van der Waals surface area contributed by atoms with Gasteiger partial charge in [0.05, 0.1) is 121 Å². The van der Waals surface area contributed by atoms with E-state index in [1.807, 2.05) is 58.3 Å². The molecule has 0 aliphatic carbocycles. The molecule has 3 aliphatic heterocycles. The lowest BCUT2D eigenvalue weighted by Crippen LogP contribution is -2.37. The second-order valence-electron chi connectivity index (χ2n) is 28.4. The highest BCUT2D eigenvalue weighted by atomic mass is 35.5. The molecule has 0 saturated carbocycles. The highest BCUT2D eigenvalue weighted by Gasteiger charge is 2.32. The standard InChI is InChI=1S/C34H50Cl2N4O7S.C25H35Cl2N3O3.C25H33Cl2NO5S/c1-3-8-28(41)10-5-4-6-12-37-34(42)38-13-15-45-17-19-47-20-18-46-16-14-39-48(43,44)29-11-7-9-26(21-29)31-24-40(2)25-32-30(31)22-27(35)23-33(32)36;1-30-17-23(22-14-21(26)15-25(27)24(22)18-30)20-4-2-3-19(13-20)16-29-6-8-32-10-12-33-11-9-31-7-5-28;1-3-31-9-10-33-12-11-32-8-5-13-34(29,30)21-7-4-6-19(14-21)23-17-28(2)18-24-22(23)15-20(26)16-25(24)27/h7,9,11,21-23,31,39H,3-6,8,10,12-20,24-25H2,1-2H3,(H2,37,38,42);2-4,13-15,23,29H,5-12,16-18,28H2,1H3;4,6-7,14-16,23H,3,5,8-13,17-18H2,1-2H3. The summed E-state index contributed by atoms with van der Waals surface area (Å²) in [4.78, 5) is 30.5. The maximum absolute atomic E-state index is 13.0. The zero-order valence-corrected chi connectivity index (χ0v) is 73.3. The van der Waals surface area contributed by atoms with Crippen molar-refractivity contribution in [3.63, 3.8) is 0 Å². The number of halogens is 6. The highest BCUT2D eigenvalue weighted by molar-refractivity contribution is 7.91. The molecule has 638 valence electrons. The monoisotopic (exact) mass is 1750 g/mol. The molecular weight excluding hydrogens is 1640 g/mol. The minimum Gasteiger partial charge on any atom is -0.379 e. The summed E-state index contributed by atoms with van der Waals surface area (Å²) in [5.41, 5.74) is 16.2. The largest absolute Gasteiger partial charge is 0.379 e. The number of benzene rings is 6. The fourth-order valence-electron chi connectivity index (χ4n) is 13.6. The van der Waals surface area contributed by atoms with Gasteiger partial charge in [-0.3, -0.25) is 4.79 Å². The third-order valence-corrected chi connectivity index (χ3v) is 24.1. The van der Waals surface area contributed by atoms with Crippen LogP contribution in [-0.4, -0.2) is 242 Å². The zero-order chi connectivity index (χ0) is 82.8. The van der Waals surface area contributed by atoms with E-state index in [2.05, 4.69) is 72.8 Å². The Morgan fingerprint density at radius 3 is 1.35 bits per heavy atom. The molecule has 23 nitrogen and oxygen atoms in total. The van der Waals surface area contributed by atoms with E-state index in [9.17, 15) is 26.4 Å². The molecule has 31 heteroatoms. The number of amides is 2. The second kappa shape index (κ2) is 53.8. The Hall–Kier alpha value is -4.70. The summed E-state index contributed by atoms with van der Waals surface area (Å²) in [6.45, 7) is 20.3. The quantitative estimate of drug-likeness (QED) is 0.0222. The third-order valence-electron chi connectivity index (χ3n) is 19.2. The first-order chi connectivity index (χ1) is 55.5. The van der Waals surface area contributed by atoms with E-state index in [1.54, 1.807) is 48.5 Å². The van der Waals surface area contributed by atoms with Crippen molar-refractivity contribution in [1.82, 2.24) is 35.4 Å². The van der Waals surface area contributed by atoms with Crippen LogP contribution in [0.2, 0.25) is 30.1 Å². The molecule has 3 unspecified atom stereocenters. The first kappa shape index (κ1) is 97.4. The van der Waals surface area contributed by atoms with E-state index in [4.69, 9.17) is 118 Å². The number of nitrogens with zero attached hydrogens (tertiary/aromatic N) is 3. The SMILES string of the molecule is CCCC(=O)CCCCCNC(=O)NCCOCCOCCOCCNS(=O)(=O)c1cccc(C2CN(C)Cc3c(Cl)cc(Cl)cc32)c1.CCOCCOCCOCCCS(=O)(=O)c1cccc(C2CN(C)Cc3c(Cl)cc(Cl)cc32)c1.CN1Cc2c(Cl)cc(Cl)cc2C(c2cccc(CNCCOCCOCCOCCN)c2)C1. The number of ether oxygens (including phenoxy) is 9. The summed E-state index contributed by atoms with van der Waals surface area (Å²) in [6, 6.07) is 33.9. The second-order valence-corrected chi connectivity index (χ2v) is 34.8. The smallest absolute Gasteiger partial charge is 0.314 e. The van der Waals surface area contributed by atoms with Gasteiger partial charge in [0.15, 0.2) is 9.84 Å². The molecule has 2 amide bonds. The van der Waals surface area contributed by atoms with Crippen molar-refractivity contribution in [2.75, 3.05) is 198 Å². The van der Waals surface area contributed by atoms with Crippen molar-refractivity contribution in [2.45, 2.75) is 113 Å². The Morgan fingerprint density at radius 1 is 0.443 bits per heavy atom. The predicted molar refractivity (Wildman–Crippen MR) is 459 cm³/mol. The molecule has 0 fully saturated rings. The Labute approximate surface area is 712 Å². The molecule has 6 aromatic rings. The van der Waals surface area contributed by atoms with Gasteiger partial charge in [0.2, 0.25) is 10.0 Å². The van der Waals surface area contributed by atoms with Crippen molar-refractivity contribution in [2.24, 2.45) is 5.73 Å². The fourth-order valence-corrected chi connectivity index (χ4v) is 17.7. The van der Waals surface area contributed by atoms with E-state index in [-0.39, 0.29) is 47.6 Å². The number of nitrogens with two attached hydrogens (primary N) is 1. The van der Waals surface area contributed by atoms with Gasteiger partial charge < -0.3 is 79.0 Å². The number of fused-ring (bicyclic) bond motifs is 3. The first-order valence-electron chi connectivity index (χ1n) is 39.6. The minimum absolute atomic E-state index is 0.00819. The molecule has 9 rings (SSSR count). The molecule has 0 radical (unpaired) electrons. The van der Waals surface area contributed by atoms with E-state index in [0.717, 1.165) is 103 Å². The fraction of sp³-hybridized carbons (Fsp3) is 0.548. The topological polar surface area (TPSA) is 269 Å². The van der Waals surface area contributed by atoms with Gasteiger partial charge in [-0.25, -0.2) is 26.4 Å². The first-order valence-corrected chi connectivity index (χ1v) is 45.0. The summed E-state index contributed by atoms with van der Waals surface area (Å²) < 4.78 is 103. The molecule has 3 atom stereocenters. The molecule has 3 heterocycles. The maximum Gasteiger partial charge on any atom is 0.314 e. The van der Waals surface area contributed by atoms with Gasteiger partial charge in [-0.1, -0.05) is 131 Å². The van der Waals surface area contributed by atoms with Crippen LogP contribution in [0, 0.1) is 0 Å². The number of sulfone groups is 1. The van der Waals surface area contributed by atoms with Crippen molar-refractivity contribution in [1.29, 1.82) is 0 Å². The average molecular weight is 1760 g/mol. The number of hydrogen-bond donors (Lipinski definition) is 5. The highest BCUT2D eigenvalue weighted by Crippen LogP contribution is 2.42. The number of carbonyl (C=O) groups is 2. The van der Waals surface area contributed by atoms with E-state index in [1.165, 1.54) is 22.3 Å². The molecule has 6 N–H and O–H groups in total. The van der Waals surface area contributed by atoms with Crippen LogP contribution in [0.5, 0.6) is 0 Å². The number of ketones is 1. The lowest BCUT2D eigenvalue weighted by molar-refractivity contribution is -0.119. The normalized spacial score (nSPS) is 15.7. The van der Waals surface area contributed by atoms with Crippen LogP contribution < -0.4 is 26.4 Å². The number of Topliss-reactive ketones (excluding diaryl/α,β-unsaturated/α-hetero) is 1. The van der Waals surface area contributed by atoms with Gasteiger partial charge in [0.25, 0.3) is 0 Å². The van der Waals surface area contributed by atoms with Crippen LogP contribution in [0.15, 0.2) is 119 Å². The Bertz CT molecular complexity index is 4150. The summed E-state index contributed by atoms with van der Waals surface area (Å²) in [6.07, 6.45) is 5.22. The summed E-state index contributed by atoms with van der Waals surface area (Å²) in [5.74, 6) is 0.515. The summed E-state index contributed by atoms with van der Waals surface area (Å²) >= 11 is 38.4. The van der Waals surface area contributed by atoms with Crippen LogP contribution in [0.25, 0.3) is 0 Å². The molecule has 0 bridgehead atoms. The van der Waals surface area contributed by atoms with Crippen molar-refractivity contribution < 1.29 is 69.1 Å². The molecule has 0 aromatic heterocycles. The van der Waals surface area contributed by atoms with Gasteiger partial charge >= 0.3 is 6.03 Å². The van der Waals surface area contributed by atoms with Gasteiger partial charge in [0, 0.05) is 152 Å². The Balaban J connectivity index is 0.000000245. The molecule has 0 spiro atoms. The van der Waals surface area contributed by atoms with Crippen molar-refractivity contribution >= 4 is 101 Å². The number of unbranched alkanes of at least 4 members (excludes halogenated alkanes) is 2. The number of rotatable bonds is 50. The zero-order valence-electron chi connectivity index (χ0n) is 67.1. The molecule has 6 aromatic carbocycles. The summed E-state index contributed by atoms with van der Waals surface area (Å²) in [7, 11) is -0.997. The Kier molecular flexibility index (Phi) is 45.6. The van der Waals surface area contributed by atoms with Gasteiger partial charge in [-0.15, -0.1) is 0 Å². The molecule has 115 heavy (non-hydrogen) atoms. The molecular formula is C84H118Cl6N8O15S2.